The molecule has 0 aliphatic heterocycles. The molecule has 0 saturated carbocycles. The van der Waals surface area contributed by atoms with Crippen LogP contribution in [0.4, 0.5) is 0 Å². The minimum Gasteiger partial charge on any atom is -0.497 e. The van der Waals surface area contributed by atoms with Gasteiger partial charge in [-0.3, -0.25) is 11.3 Å². The van der Waals surface area contributed by atoms with Gasteiger partial charge in [0, 0.05) is 12.6 Å². The number of nitrogens with one attached hydrogen (secondary N) is 1. The minimum atomic E-state index is 0.132. The number of hydrazine groups is 1. The molecule has 0 saturated heterocycles. The number of ether oxygens (including phenoxy) is 2. The number of hydrogen-bond acceptors (Lipinski definition) is 4. The highest BCUT2D eigenvalue weighted by Gasteiger charge is 2.08. The predicted molar refractivity (Wildman–Crippen MR) is 64.3 cm³/mol. The van der Waals surface area contributed by atoms with Crippen LogP contribution in [-0.2, 0) is 11.2 Å². The summed E-state index contributed by atoms with van der Waals surface area (Å²) in [6.07, 6.45) is 0.827. The predicted octanol–water partition coefficient (Wildman–Crippen LogP) is 1.11. The molecule has 0 radical (unpaired) electrons. The number of methoxy groups -OCH3 is 1. The van der Waals surface area contributed by atoms with Crippen molar-refractivity contribution in [1.29, 1.82) is 0 Å². The lowest BCUT2D eigenvalue weighted by molar-refractivity contribution is 0.123. The molecule has 90 valence electrons. The van der Waals surface area contributed by atoms with Crippen molar-refractivity contribution in [2.24, 2.45) is 5.84 Å². The van der Waals surface area contributed by atoms with Gasteiger partial charge in [0.15, 0.2) is 0 Å². The summed E-state index contributed by atoms with van der Waals surface area (Å²) in [6, 6.07) is 8.10. The van der Waals surface area contributed by atoms with Crippen LogP contribution in [0.25, 0.3) is 0 Å². The fraction of sp³-hybridized carbons (Fsp3) is 0.500. The maximum absolute atomic E-state index is 5.47. The number of benzene rings is 1. The van der Waals surface area contributed by atoms with E-state index in [0.29, 0.717) is 13.2 Å². The van der Waals surface area contributed by atoms with Crippen LogP contribution in [0.1, 0.15) is 12.5 Å². The fourth-order valence-corrected chi connectivity index (χ4v) is 1.51. The Morgan fingerprint density at radius 3 is 2.88 bits per heavy atom. The van der Waals surface area contributed by atoms with E-state index in [-0.39, 0.29) is 6.04 Å². The molecular formula is C12H20N2O2. The van der Waals surface area contributed by atoms with E-state index in [4.69, 9.17) is 15.3 Å². The Labute approximate surface area is 96.7 Å². The van der Waals surface area contributed by atoms with E-state index in [2.05, 4.69) is 11.5 Å². The van der Waals surface area contributed by atoms with Gasteiger partial charge < -0.3 is 9.47 Å². The molecule has 1 unspecified atom stereocenters. The first-order valence-electron chi connectivity index (χ1n) is 5.47. The smallest absolute Gasteiger partial charge is 0.119 e. The Bertz CT molecular complexity index is 305. The normalized spacial score (nSPS) is 12.4. The van der Waals surface area contributed by atoms with E-state index in [1.807, 2.05) is 25.1 Å². The second-order valence-corrected chi connectivity index (χ2v) is 3.58. The molecule has 0 bridgehead atoms. The lowest BCUT2D eigenvalue weighted by Crippen LogP contribution is -2.40. The molecule has 1 aromatic carbocycles. The van der Waals surface area contributed by atoms with Crippen LogP contribution in [0.15, 0.2) is 24.3 Å². The van der Waals surface area contributed by atoms with Crippen molar-refractivity contribution in [2.45, 2.75) is 19.4 Å². The number of rotatable bonds is 7. The monoisotopic (exact) mass is 224 g/mol. The van der Waals surface area contributed by atoms with Crippen molar-refractivity contribution in [1.82, 2.24) is 5.43 Å². The Morgan fingerprint density at radius 1 is 1.44 bits per heavy atom. The maximum atomic E-state index is 5.47. The van der Waals surface area contributed by atoms with E-state index in [1.165, 1.54) is 5.56 Å². The van der Waals surface area contributed by atoms with E-state index in [0.717, 1.165) is 12.2 Å². The highest BCUT2D eigenvalue weighted by atomic mass is 16.5. The van der Waals surface area contributed by atoms with Gasteiger partial charge >= 0.3 is 0 Å². The third-order valence-electron chi connectivity index (χ3n) is 2.38. The van der Waals surface area contributed by atoms with E-state index in [9.17, 15) is 0 Å². The molecule has 1 aromatic rings. The lowest BCUT2D eigenvalue weighted by Gasteiger charge is -2.15. The van der Waals surface area contributed by atoms with Gasteiger partial charge in [-0.1, -0.05) is 12.1 Å². The molecule has 0 aliphatic carbocycles. The maximum Gasteiger partial charge on any atom is 0.119 e. The molecule has 0 heterocycles. The molecule has 4 nitrogen and oxygen atoms in total. The summed E-state index contributed by atoms with van der Waals surface area (Å²) in [6.45, 7) is 3.29. The molecule has 0 amide bonds. The molecule has 4 heteroatoms. The van der Waals surface area contributed by atoms with Crippen LogP contribution in [0.2, 0.25) is 0 Å². The zero-order chi connectivity index (χ0) is 11.8. The highest BCUT2D eigenvalue weighted by Crippen LogP contribution is 2.13. The summed E-state index contributed by atoms with van der Waals surface area (Å²) in [5.41, 5.74) is 3.94. The van der Waals surface area contributed by atoms with Crippen molar-refractivity contribution >= 4 is 0 Å². The summed E-state index contributed by atoms with van der Waals surface area (Å²) >= 11 is 0. The molecule has 0 aromatic heterocycles. The quantitative estimate of drug-likeness (QED) is 0.538. The second-order valence-electron chi connectivity index (χ2n) is 3.58. The Kier molecular flexibility index (Phi) is 5.85. The van der Waals surface area contributed by atoms with Gasteiger partial charge in [0.1, 0.15) is 5.75 Å². The summed E-state index contributed by atoms with van der Waals surface area (Å²) in [7, 11) is 1.66. The van der Waals surface area contributed by atoms with Crippen LogP contribution in [0.5, 0.6) is 5.75 Å². The van der Waals surface area contributed by atoms with Crippen molar-refractivity contribution in [3.63, 3.8) is 0 Å². The first-order chi connectivity index (χ1) is 7.80. The first kappa shape index (κ1) is 13.0. The third-order valence-corrected chi connectivity index (χ3v) is 2.38. The van der Waals surface area contributed by atoms with Gasteiger partial charge in [-0.2, -0.15) is 0 Å². The van der Waals surface area contributed by atoms with Crippen LogP contribution >= 0.6 is 0 Å². The summed E-state index contributed by atoms with van der Waals surface area (Å²) < 4.78 is 10.5. The van der Waals surface area contributed by atoms with Crippen molar-refractivity contribution in [3.05, 3.63) is 29.8 Å². The average Bonchev–Trinajstić information content (AvgIpc) is 2.34. The third kappa shape index (κ3) is 4.18. The van der Waals surface area contributed by atoms with Gasteiger partial charge in [0.05, 0.1) is 13.7 Å². The molecule has 1 rings (SSSR count). The Hall–Kier alpha value is -1.10. The van der Waals surface area contributed by atoms with Crippen molar-refractivity contribution in [3.8, 4) is 5.75 Å². The summed E-state index contributed by atoms with van der Waals surface area (Å²) in [4.78, 5) is 0. The van der Waals surface area contributed by atoms with E-state index in [1.54, 1.807) is 7.11 Å². The largest absolute Gasteiger partial charge is 0.497 e. The van der Waals surface area contributed by atoms with Crippen molar-refractivity contribution < 1.29 is 9.47 Å². The summed E-state index contributed by atoms with van der Waals surface area (Å²) in [5, 5.41) is 0. The molecule has 0 spiro atoms. The molecule has 16 heavy (non-hydrogen) atoms. The van der Waals surface area contributed by atoms with Gasteiger partial charge in [-0.15, -0.1) is 0 Å². The zero-order valence-electron chi connectivity index (χ0n) is 9.90. The lowest BCUT2D eigenvalue weighted by atomic mass is 10.1. The number of nitrogens with two attached hydrogens (primary N) is 1. The fourth-order valence-electron chi connectivity index (χ4n) is 1.51. The molecule has 0 aliphatic rings. The van der Waals surface area contributed by atoms with E-state index >= 15 is 0 Å². The van der Waals surface area contributed by atoms with Gasteiger partial charge in [-0.05, 0) is 31.0 Å². The molecular weight excluding hydrogens is 204 g/mol. The topological polar surface area (TPSA) is 56.5 Å². The van der Waals surface area contributed by atoms with Crippen LogP contribution < -0.4 is 16.0 Å². The minimum absolute atomic E-state index is 0.132. The first-order valence-corrected chi connectivity index (χ1v) is 5.47. The van der Waals surface area contributed by atoms with Gasteiger partial charge in [0.25, 0.3) is 0 Å². The Morgan fingerprint density at radius 2 is 2.25 bits per heavy atom. The van der Waals surface area contributed by atoms with Gasteiger partial charge in [0.2, 0.25) is 0 Å². The van der Waals surface area contributed by atoms with Crippen LogP contribution in [0.3, 0.4) is 0 Å². The van der Waals surface area contributed by atoms with Crippen molar-refractivity contribution in [2.75, 3.05) is 20.3 Å². The van der Waals surface area contributed by atoms with Crippen LogP contribution in [0, 0.1) is 0 Å². The SMILES string of the molecule is CCOCC(Cc1cccc(OC)c1)NN. The van der Waals surface area contributed by atoms with Gasteiger partial charge in [-0.25, -0.2) is 0 Å². The molecule has 3 N–H and O–H groups in total. The molecule has 1 atom stereocenters. The Balaban J connectivity index is 2.55. The summed E-state index contributed by atoms with van der Waals surface area (Å²) in [5.74, 6) is 6.34. The standard InChI is InChI=1S/C12H20N2O2/c1-3-16-9-11(14-13)7-10-5-4-6-12(8-10)15-2/h4-6,8,11,14H,3,7,9,13H2,1-2H3. The zero-order valence-corrected chi connectivity index (χ0v) is 9.90. The van der Waals surface area contributed by atoms with E-state index < -0.39 is 0 Å². The number of hydrogen-bond donors (Lipinski definition) is 2. The molecule has 0 fully saturated rings. The average molecular weight is 224 g/mol. The highest BCUT2D eigenvalue weighted by molar-refractivity contribution is 5.28. The van der Waals surface area contributed by atoms with Crippen LogP contribution in [-0.4, -0.2) is 26.4 Å². The second kappa shape index (κ2) is 7.22.